The molecular formula is C14H13N3OS. The van der Waals surface area contributed by atoms with Crippen LogP contribution in [0, 0.1) is 6.92 Å². The fourth-order valence-corrected chi connectivity index (χ4v) is 2.37. The lowest BCUT2D eigenvalue weighted by Crippen LogP contribution is -2.12. The van der Waals surface area contributed by atoms with E-state index in [1.165, 1.54) is 0 Å². The summed E-state index contributed by atoms with van der Waals surface area (Å²) >= 11 is 4.17. The van der Waals surface area contributed by atoms with Crippen LogP contribution in [0.25, 0.3) is 16.7 Å². The molecule has 0 spiro atoms. The van der Waals surface area contributed by atoms with Crippen LogP contribution in [0.2, 0.25) is 0 Å². The minimum atomic E-state index is -0.111. The number of rotatable bonds is 2. The van der Waals surface area contributed by atoms with Gasteiger partial charge >= 0.3 is 0 Å². The van der Waals surface area contributed by atoms with E-state index in [9.17, 15) is 4.79 Å². The number of aromatic nitrogens is 3. The highest BCUT2D eigenvalue weighted by molar-refractivity contribution is 7.79. The molecule has 0 unspecified atom stereocenters. The first kappa shape index (κ1) is 12.0. The van der Waals surface area contributed by atoms with Crippen LogP contribution >= 0.6 is 12.6 Å². The Morgan fingerprint density at radius 2 is 2.05 bits per heavy atom. The molecule has 5 heteroatoms. The van der Waals surface area contributed by atoms with Crippen LogP contribution in [0.15, 0.2) is 41.2 Å². The van der Waals surface area contributed by atoms with Crippen molar-refractivity contribution < 1.29 is 0 Å². The summed E-state index contributed by atoms with van der Waals surface area (Å²) in [7, 11) is 0. The summed E-state index contributed by atoms with van der Waals surface area (Å²) in [6.45, 7) is 1.93. The third-order valence-corrected chi connectivity index (χ3v) is 3.46. The van der Waals surface area contributed by atoms with Gasteiger partial charge in [-0.15, -0.1) is 0 Å². The second kappa shape index (κ2) is 4.59. The summed E-state index contributed by atoms with van der Waals surface area (Å²) in [4.78, 5) is 14.8. The van der Waals surface area contributed by atoms with E-state index < -0.39 is 0 Å². The Morgan fingerprint density at radius 1 is 1.32 bits per heavy atom. The van der Waals surface area contributed by atoms with Gasteiger partial charge in [-0.2, -0.15) is 17.7 Å². The first-order valence-electron chi connectivity index (χ1n) is 5.98. The zero-order valence-electron chi connectivity index (χ0n) is 10.4. The second-order valence-corrected chi connectivity index (χ2v) is 4.69. The van der Waals surface area contributed by atoms with Gasteiger partial charge in [0.1, 0.15) is 5.65 Å². The number of hydrogen-bond acceptors (Lipinski definition) is 3. The van der Waals surface area contributed by atoms with Gasteiger partial charge in [0, 0.05) is 16.7 Å². The SMILES string of the molecule is Cc1nn(-c2ccccc2)c2[nH]c(=O)c(CS)cc12. The van der Waals surface area contributed by atoms with Crippen LogP contribution in [0.3, 0.4) is 0 Å². The Balaban J connectivity index is 2.34. The lowest BCUT2D eigenvalue weighted by molar-refractivity contribution is 0.875. The first-order chi connectivity index (χ1) is 9.20. The summed E-state index contributed by atoms with van der Waals surface area (Å²) in [6.07, 6.45) is 0. The highest BCUT2D eigenvalue weighted by Gasteiger charge is 2.11. The van der Waals surface area contributed by atoms with Gasteiger partial charge in [0.2, 0.25) is 0 Å². The first-order valence-corrected chi connectivity index (χ1v) is 6.62. The number of aryl methyl sites for hydroxylation is 1. The Kier molecular flexibility index (Phi) is 2.91. The van der Waals surface area contributed by atoms with Crippen molar-refractivity contribution in [2.24, 2.45) is 0 Å². The third-order valence-electron chi connectivity index (χ3n) is 3.12. The fraction of sp³-hybridized carbons (Fsp3) is 0.143. The average molecular weight is 271 g/mol. The number of para-hydroxylation sites is 1. The van der Waals surface area contributed by atoms with Crippen LogP contribution in [0.1, 0.15) is 11.3 Å². The van der Waals surface area contributed by atoms with Gasteiger partial charge in [-0.25, -0.2) is 4.68 Å². The van der Waals surface area contributed by atoms with Gasteiger partial charge in [-0.3, -0.25) is 4.79 Å². The molecule has 0 amide bonds. The number of thiol groups is 1. The number of nitrogens with one attached hydrogen (secondary N) is 1. The van der Waals surface area contributed by atoms with Gasteiger partial charge in [0.15, 0.2) is 0 Å². The molecule has 96 valence electrons. The van der Waals surface area contributed by atoms with Crippen LogP contribution in [0.4, 0.5) is 0 Å². The van der Waals surface area contributed by atoms with Gasteiger partial charge in [0.05, 0.1) is 11.4 Å². The molecular weight excluding hydrogens is 258 g/mol. The Bertz CT molecular complexity index is 790. The summed E-state index contributed by atoms with van der Waals surface area (Å²) in [5.41, 5.74) is 3.08. The number of nitrogens with zero attached hydrogens (tertiary/aromatic N) is 2. The monoisotopic (exact) mass is 271 g/mol. The van der Waals surface area contributed by atoms with Gasteiger partial charge in [-0.1, -0.05) is 18.2 Å². The lowest BCUT2D eigenvalue weighted by Gasteiger charge is -2.03. The Labute approximate surface area is 115 Å². The van der Waals surface area contributed by atoms with Crippen LogP contribution < -0.4 is 5.56 Å². The third kappa shape index (κ3) is 1.96. The van der Waals surface area contributed by atoms with Crippen molar-refractivity contribution in [1.29, 1.82) is 0 Å². The standard InChI is InChI=1S/C14H13N3OS/c1-9-12-7-10(8-19)14(18)15-13(12)17(16-9)11-5-3-2-4-6-11/h2-7,19H,8H2,1H3,(H,15,18). The zero-order valence-corrected chi connectivity index (χ0v) is 11.3. The van der Waals surface area contributed by atoms with Crippen LogP contribution in [-0.2, 0) is 5.75 Å². The maximum absolute atomic E-state index is 11.9. The highest BCUT2D eigenvalue weighted by atomic mass is 32.1. The molecule has 1 aromatic carbocycles. The topological polar surface area (TPSA) is 50.7 Å². The van der Waals surface area contributed by atoms with Crippen molar-refractivity contribution in [3.63, 3.8) is 0 Å². The van der Waals surface area contributed by atoms with Crippen molar-refractivity contribution in [2.45, 2.75) is 12.7 Å². The lowest BCUT2D eigenvalue weighted by atomic mass is 10.2. The molecule has 0 aliphatic carbocycles. The van der Waals surface area contributed by atoms with Crippen molar-refractivity contribution in [3.8, 4) is 5.69 Å². The fourth-order valence-electron chi connectivity index (χ4n) is 2.13. The van der Waals surface area contributed by atoms with Crippen molar-refractivity contribution in [2.75, 3.05) is 0 Å². The van der Waals surface area contributed by atoms with E-state index >= 15 is 0 Å². The van der Waals surface area contributed by atoms with E-state index in [1.54, 1.807) is 4.68 Å². The van der Waals surface area contributed by atoms with Crippen LogP contribution in [0.5, 0.6) is 0 Å². The summed E-state index contributed by atoms with van der Waals surface area (Å²) in [6, 6.07) is 11.6. The van der Waals surface area contributed by atoms with E-state index in [0.717, 1.165) is 22.4 Å². The van der Waals surface area contributed by atoms with Crippen molar-refractivity contribution in [1.82, 2.24) is 14.8 Å². The minimum Gasteiger partial charge on any atom is -0.306 e. The molecule has 0 atom stereocenters. The zero-order chi connectivity index (χ0) is 13.4. The van der Waals surface area contributed by atoms with Gasteiger partial charge in [-0.05, 0) is 25.1 Å². The molecule has 0 saturated heterocycles. The summed E-state index contributed by atoms with van der Waals surface area (Å²) in [5.74, 6) is 0.418. The molecule has 19 heavy (non-hydrogen) atoms. The van der Waals surface area contributed by atoms with E-state index in [2.05, 4.69) is 22.7 Å². The minimum absolute atomic E-state index is 0.111. The van der Waals surface area contributed by atoms with Crippen molar-refractivity contribution in [3.05, 3.63) is 58.0 Å². The molecule has 2 heterocycles. The number of pyridine rings is 1. The quantitative estimate of drug-likeness (QED) is 0.703. The molecule has 0 fully saturated rings. The van der Waals surface area contributed by atoms with E-state index in [-0.39, 0.29) is 5.56 Å². The smallest absolute Gasteiger partial charge is 0.253 e. The van der Waals surface area contributed by atoms with Gasteiger partial charge in [0.25, 0.3) is 5.56 Å². The van der Waals surface area contributed by atoms with Gasteiger partial charge < -0.3 is 4.98 Å². The average Bonchev–Trinajstić information content (AvgIpc) is 2.75. The highest BCUT2D eigenvalue weighted by Crippen LogP contribution is 2.19. The molecule has 4 nitrogen and oxygen atoms in total. The predicted octanol–water partition coefficient (Wildman–Crippen LogP) is 2.45. The maximum Gasteiger partial charge on any atom is 0.253 e. The van der Waals surface area contributed by atoms with E-state index in [0.29, 0.717) is 11.3 Å². The molecule has 3 rings (SSSR count). The number of benzene rings is 1. The normalized spacial score (nSPS) is 11.1. The molecule has 0 aliphatic heterocycles. The summed E-state index contributed by atoms with van der Waals surface area (Å²) in [5, 5.41) is 5.45. The largest absolute Gasteiger partial charge is 0.306 e. The Morgan fingerprint density at radius 3 is 2.74 bits per heavy atom. The molecule has 0 bridgehead atoms. The molecule has 1 N–H and O–H groups in total. The molecule has 0 saturated carbocycles. The number of hydrogen-bond donors (Lipinski definition) is 2. The van der Waals surface area contributed by atoms with E-state index in [4.69, 9.17) is 0 Å². The number of H-pyrrole nitrogens is 1. The molecule has 0 radical (unpaired) electrons. The van der Waals surface area contributed by atoms with E-state index in [1.807, 2.05) is 43.3 Å². The second-order valence-electron chi connectivity index (χ2n) is 4.38. The molecule has 0 aliphatic rings. The molecule has 3 aromatic rings. The summed E-state index contributed by atoms with van der Waals surface area (Å²) < 4.78 is 1.76. The number of fused-ring (bicyclic) bond motifs is 1. The molecule has 2 aromatic heterocycles. The van der Waals surface area contributed by atoms with Crippen molar-refractivity contribution >= 4 is 23.7 Å². The number of aromatic amines is 1. The maximum atomic E-state index is 11.9. The van der Waals surface area contributed by atoms with Crippen LogP contribution in [-0.4, -0.2) is 14.8 Å². The Hall–Kier alpha value is -2.01. The predicted molar refractivity (Wildman–Crippen MR) is 79.1 cm³/mol.